The zero-order chi connectivity index (χ0) is 17.1. The van der Waals surface area contributed by atoms with Gasteiger partial charge in [-0.2, -0.15) is 5.10 Å². The monoisotopic (exact) mass is 336 g/mol. The van der Waals surface area contributed by atoms with E-state index in [-0.39, 0.29) is 6.61 Å². The van der Waals surface area contributed by atoms with Gasteiger partial charge in [-0.05, 0) is 23.8 Å². The van der Waals surface area contributed by atoms with Crippen molar-refractivity contribution in [3.63, 3.8) is 0 Å². The average molecular weight is 336 g/mol. The first-order valence-corrected chi connectivity index (χ1v) is 8.33. The van der Waals surface area contributed by atoms with Crippen LogP contribution in [0.3, 0.4) is 0 Å². The number of hydrogen-bond donors (Lipinski definition) is 2. The first-order chi connectivity index (χ1) is 12.3. The zero-order valence-corrected chi connectivity index (χ0v) is 13.8. The Bertz CT molecular complexity index is 833. The van der Waals surface area contributed by atoms with Crippen LogP contribution in [0.1, 0.15) is 17.5 Å². The van der Waals surface area contributed by atoms with Crippen molar-refractivity contribution in [1.82, 2.24) is 20.1 Å². The van der Waals surface area contributed by atoms with Crippen LogP contribution in [-0.4, -0.2) is 33.1 Å². The van der Waals surface area contributed by atoms with E-state index in [4.69, 9.17) is 4.74 Å². The summed E-state index contributed by atoms with van der Waals surface area (Å²) in [4.78, 5) is 3.96. The lowest BCUT2D eigenvalue weighted by molar-refractivity contribution is 0.106. The smallest absolute Gasteiger partial charge is 0.138 e. The summed E-state index contributed by atoms with van der Waals surface area (Å²) in [5.74, 6) is 0.844. The number of fused-ring (bicyclic) bond motifs is 1. The minimum absolute atomic E-state index is 0.0322. The molecule has 4 rings (SSSR count). The van der Waals surface area contributed by atoms with Gasteiger partial charge in [-0.25, -0.2) is 9.67 Å². The summed E-state index contributed by atoms with van der Waals surface area (Å²) < 4.78 is 7.45. The minimum Gasteiger partial charge on any atom is -0.493 e. The summed E-state index contributed by atoms with van der Waals surface area (Å²) in [6.07, 6.45) is 3.92. The summed E-state index contributed by atoms with van der Waals surface area (Å²) in [5.41, 5.74) is 2.65. The molecule has 0 spiro atoms. The van der Waals surface area contributed by atoms with Crippen molar-refractivity contribution in [1.29, 1.82) is 0 Å². The van der Waals surface area contributed by atoms with Crippen LogP contribution in [-0.2, 0) is 12.1 Å². The molecule has 2 heterocycles. The SMILES string of the molecule is OCC1(NCc2ccc(-n3cncn3)cc2)CCOc2ccccc21. The number of hydrogen-bond acceptors (Lipinski definition) is 5. The molecule has 128 valence electrons. The Morgan fingerprint density at radius 2 is 2.00 bits per heavy atom. The van der Waals surface area contributed by atoms with Crippen LogP contribution in [0.25, 0.3) is 5.69 Å². The van der Waals surface area contributed by atoms with Crippen LogP contribution in [0.4, 0.5) is 0 Å². The Morgan fingerprint density at radius 3 is 2.76 bits per heavy atom. The van der Waals surface area contributed by atoms with Crippen LogP contribution < -0.4 is 10.1 Å². The maximum Gasteiger partial charge on any atom is 0.138 e. The molecule has 6 nitrogen and oxygen atoms in total. The van der Waals surface area contributed by atoms with E-state index in [1.807, 2.05) is 36.4 Å². The van der Waals surface area contributed by atoms with Crippen molar-refractivity contribution in [2.45, 2.75) is 18.5 Å². The zero-order valence-electron chi connectivity index (χ0n) is 13.8. The standard InChI is InChI=1S/C19H20N4O2/c24-12-19(9-10-25-18-4-2-1-3-17(18)19)21-11-15-5-7-16(8-6-15)23-14-20-13-22-23/h1-8,13-14,21,24H,9-12H2. The van der Waals surface area contributed by atoms with Gasteiger partial charge in [-0.15, -0.1) is 0 Å². The highest BCUT2D eigenvalue weighted by Crippen LogP contribution is 2.36. The third kappa shape index (κ3) is 3.01. The third-order valence-corrected chi connectivity index (χ3v) is 4.71. The fraction of sp³-hybridized carbons (Fsp3) is 0.263. The van der Waals surface area contributed by atoms with Crippen molar-refractivity contribution in [3.8, 4) is 11.4 Å². The molecule has 1 unspecified atom stereocenters. The number of aliphatic hydroxyl groups is 1. The molecule has 2 N–H and O–H groups in total. The van der Waals surface area contributed by atoms with Gasteiger partial charge in [0.1, 0.15) is 18.4 Å². The second-order valence-corrected chi connectivity index (χ2v) is 6.19. The lowest BCUT2D eigenvalue weighted by atomic mass is 9.85. The van der Waals surface area contributed by atoms with E-state index in [1.54, 1.807) is 11.0 Å². The predicted molar refractivity (Wildman–Crippen MR) is 93.5 cm³/mol. The van der Waals surface area contributed by atoms with E-state index in [0.717, 1.165) is 29.0 Å². The van der Waals surface area contributed by atoms with E-state index in [0.29, 0.717) is 13.2 Å². The van der Waals surface area contributed by atoms with Crippen LogP contribution in [0.15, 0.2) is 61.2 Å². The molecule has 1 aliphatic heterocycles. The molecule has 2 aromatic carbocycles. The number of aliphatic hydroxyl groups excluding tert-OH is 1. The summed E-state index contributed by atoms with van der Waals surface area (Å²) >= 11 is 0. The highest BCUT2D eigenvalue weighted by atomic mass is 16.5. The number of aromatic nitrogens is 3. The fourth-order valence-electron chi connectivity index (χ4n) is 3.24. The molecule has 0 fully saturated rings. The van der Waals surface area contributed by atoms with Gasteiger partial charge in [0.15, 0.2) is 0 Å². The number of nitrogens with one attached hydrogen (secondary N) is 1. The number of benzene rings is 2. The molecule has 0 aliphatic carbocycles. The molecule has 0 radical (unpaired) electrons. The maximum absolute atomic E-state index is 10.1. The molecule has 3 aromatic rings. The molecule has 6 heteroatoms. The van der Waals surface area contributed by atoms with Gasteiger partial charge >= 0.3 is 0 Å². The predicted octanol–water partition coefficient (Wildman–Crippen LogP) is 2.03. The third-order valence-electron chi connectivity index (χ3n) is 4.71. The van der Waals surface area contributed by atoms with Crippen LogP contribution >= 0.6 is 0 Å². The highest BCUT2D eigenvalue weighted by molar-refractivity contribution is 5.41. The Labute approximate surface area is 146 Å². The number of rotatable bonds is 5. The molecular weight excluding hydrogens is 316 g/mol. The fourth-order valence-corrected chi connectivity index (χ4v) is 3.24. The second-order valence-electron chi connectivity index (χ2n) is 6.19. The Balaban J connectivity index is 1.52. The van der Waals surface area contributed by atoms with Crippen molar-refractivity contribution in [3.05, 3.63) is 72.3 Å². The summed E-state index contributed by atoms with van der Waals surface area (Å²) in [5, 5.41) is 17.8. The average Bonchev–Trinajstić information content (AvgIpc) is 3.21. The first kappa shape index (κ1) is 15.8. The molecule has 0 saturated heterocycles. The number of para-hydroxylation sites is 1. The Kier molecular flexibility index (Phi) is 4.21. The van der Waals surface area contributed by atoms with Gasteiger partial charge in [0.2, 0.25) is 0 Å². The van der Waals surface area contributed by atoms with Gasteiger partial charge < -0.3 is 15.2 Å². The quantitative estimate of drug-likeness (QED) is 0.746. The van der Waals surface area contributed by atoms with Crippen molar-refractivity contribution < 1.29 is 9.84 Å². The Hall–Kier alpha value is -2.70. The maximum atomic E-state index is 10.1. The second kappa shape index (κ2) is 6.66. The van der Waals surface area contributed by atoms with E-state index in [1.165, 1.54) is 6.33 Å². The van der Waals surface area contributed by atoms with Crippen molar-refractivity contribution >= 4 is 0 Å². The van der Waals surface area contributed by atoms with E-state index in [2.05, 4.69) is 27.5 Å². The van der Waals surface area contributed by atoms with E-state index >= 15 is 0 Å². The first-order valence-electron chi connectivity index (χ1n) is 8.33. The van der Waals surface area contributed by atoms with Crippen LogP contribution in [0, 0.1) is 0 Å². The normalized spacial score (nSPS) is 19.2. The number of nitrogens with zero attached hydrogens (tertiary/aromatic N) is 3. The summed E-state index contributed by atoms with van der Waals surface area (Å²) in [6.45, 7) is 1.28. The molecule has 25 heavy (non-hydrogen) atoms. The minimum atomic E-state index is -0.473. The molecular formula is C19H20N4O2. The topological polar surface area (TPSA) is 72.2 Å². The molecule has 0 amide bonds. The molecule has 0 bridgehead atoms. The lowest BCUT2D eigenvalue weighted by Crippen LogP contribution is -2.48. The van der Waals surface area contributed by atoms with Gasteiger partial charge in [-0.1, -0.05) is 30.3 Å². The summed E-state index contributed by atoms with van der Waals surface area (Å²) in [6, 6.07) is 16.0. The highest BCUT2D eigenvalue weighted by Gasteiger charge is 2.36. The van der Waals surface area contributed by atoms with Gasteiger partial charge in [0, 0.05) is 18.5 Å². The van der Waals surface area contributed by atoms with Crippen LogP contribution in [0.2, 0.25) is 0 Å². The van der Waals surface area contributed by atoms with Crippen molar-refractivity contribution in [2.75, 3.05) is 13.2 Å². The Morgan fingerprint density at radius 1 is 1.16 bits per heavy atom. The van der Waals surface area contributed by atoms with Crippen LogP contribution in [0.5, 0.6) is 5.75 Å². The number of ether oxygens (including phenoxy) is 1. The molecule has 1 aromatic heterocycles. The van der Waals surface area contributed by atoms with Gasteiger partial charge in [-0.3, -0.25) is 0 Å². The van der Waals surface area contributed by atoms with E-state index < -0.39 is 5.54 Å². The molecule has 0 saturated carbocycles. The van der Waals surface area contributed by atoms with Gasteiger partial charge in [0.25, 0.3) is 0 Å². The van der Waals surface area contributed by atoms with Crippen molar-refractivity contribution in [2.24, 2.45) is 0 Å². The largest absolute Gasteiger partial charge is 0.493 e. The van der Waals surface area contributed by atoms with Gasteiger partial charge in [0.05, 0.1) is 24.4 Å². The lowest BCUT2D eigenvalue weighted by Gasteiger charge is -2.38. The molecule has 1 aliphatic rings. The van der Waals surface area contributed by atoms with E-state index in [9.17, 15) is 5.11 Å². The summed E-state index contributed by atoms with van der Waals surface area (Å²) in [7, 11) is 0. The molecule has 1 atom stereocenters.